The third-order valence-corrected chi connectivity index (χ3v) is 5.50. The fraction of sp³-hybridized carbons (Fsp3) is 0.467. The van der Waals surface area contributed by atoms with Crippen molar-refractivity contribution in [2.24, 2.45) is 11.3 Å². The van der Waals surface area contributed by atoms with Gasteiger partial charge in [0.05, 0.1) is 39.5 Å². The van der Waals surface area contributed by atoms with Gasteiger partial charge in [-0.3, -0.25) is 29.8 Å². The number of non-ortho nitro benzene ring substituents is 1. The molecule has 0 unspecified atom stereocenters. The van der Waals surface area contributed by atoms with Gasteiger partial charge < -0.3 is 4.74 Å². The molecule has 0 aromatic heterocycles. The predicted octanol–water partition coefficient (Wildman–Crippen LogP) is 1.56. The number of benzene rings is 1. The topological polar surface area (TPSA) is 133 Å². The molecule has 25 heavy (non-hydrogen) atoms. The van der Waals surface area contributed by atoms with E-state index in [1.54, 1.807) is 6.92 Å². The van der Waals surface area contributed by atoms with Crippen LogP contribution in [-0.2, 0) is 14.3 Å². The number of carbonyl (C=O) groups is 2. The number of carbonyl (C=O) groups excluding carboxylic acids is 2. The zero-order valence-electron chi connectivity index (χ0n) is 13.1. The van der Waals surface area contributed by atoms with Gasteiger partial charge in [-0.25, -0.2) is 4.90 Å². The predicted molar refractivity (Wildman–Crippen MR) is 81.7 cm³/mol. The third-order valence-electron chi connectivity index (χ3n) is 5.50. The molecule has 4 rings (SSSR count). The van der Waals surface area contributed by atoms with Gasteiger partial charge in [0.2, 0.25) is 11.8 Å². The molecular formula is C15H13N3O7. The van der Waals surface area contributed by atoms with Crippen LogP contribution in [0.15, 0.2) is 18.2 Å². The van der Waals surface area contributed by atoms with Gasteiger partial charge in [0.25, 0.3) is 11.4 Å². The van der Waals surface area contributed by atoms with E-state index in [1.807, 2.05) is 0 Å². The van der Waals surface area contributed by atoms with Crippen molar-refractivity contribution >= 4 is 28.9 Å². The second kappa shape index (κ2) is 4.82. The Morgan fingerprint density at radius 3 is 2.52 bits per heavy atom. The first-order chi connectivity index (χ1) is 11.8. The highest BCUT2D eigenvalue weighted by molar-refractivity contribution is 6.25. The van der Waals surface area contributed by atoms with Crippen molar-refractivity contribution in [1.82, 2.24) is 0 Å². The van der Waals surface area contributed by atoms with Crippen LogP contribution >= 0.6 is 0 Å². The minimum Gasteiger partial charge on any atom is -0.373 e. The van der Waals surface area contributed by atoms with Crippen molar-refractivity contribution < 1.29 is 24.2 Å². The third kappa shape index (κ3) is 1.82. The van der Waals surface area contributed by atoms with Crippen LogP contribution in [0.25, 0.3) is 0 Å². The summed E-state index contributed by atoms with van der Waals surface area (Å²) in [5.74, 6) is -1.77. The first-order valence-electron chi connectivity index (χ1n) is 7.73. The van der Waals surface area contributed by atoms with Crippen LogP contribution in [0.4, 0.5) is 17.1 Å². The highest BCUT2D eigenvalue weighted by Gasteiger charge is 2.70. The van der Waals surface area contributed by atoms with Crippen molar-refractivity contribution in [1.29, 1.82) is 0 Å². The summed E-state index contributed by atoms with van der Waals surface area (Å²) in [5, 5.41) is 22.2. The van der Waals surface area contributed by atoms with Gasteiger partial charge in [-0.05, 0) is 25.8 Å². The standard InChI is InChI=1S/C15H13N3O7/c1-15-11-5-4-10(25-11)12(15)13(19)16(14(15)20)8-3-2-7(17(21)22)6-9(8)18(23)24/h2-3,6,10-12H,4-5H2,1H3/t10-,11+,12+,15+/m1/s1. The zero-order chi connectivity index (χ0) is 18.1. The summed E-state index contributed by atoms with van der Waals surface area (Å²) in [6, 6.07) is 2.89. The van der Waals surface area contributed by atoms with Crippen molar-refractivity contribution in [3.05, 3.63) is 38.4 Å². The first kappa shape index (κ1) is 15.6. The van der Waals surface area contributed by atoms with Crippen molar-refractivity contribution in [2.45, 2.75) is 32.0 Å². The summed E-state index contributed by atoms with van der Waals surface area (Å²) in [7, 11) is 0. The van der Waals surface area contributed by atoms with Gasteiger partial charge in [-0.1, -0.05) is 0 Å². The van der Waals surface area contributed by atoms with Crippen LogP contribution in [0.3, 0.4) is 0 Å². The van der Waals surface area contributed by atoms with E-state index < -0.39 is 44.4 Å². The van der Waals surface area contributed by atoms with Crippen LogP contribution in [-0.4, -0.2) is 33.9 Å². The zero-order valence-corrected chi connectivity index (χ0v) is 13.1. The van der Waals surface area contributed by atoms with E-state index >= 15 is 0 Å². The first-order valence-corrected chi connectivity index (χ1v) is 7.73. The molecule has 2 bridgehead atoms. The SMILES string of the molecule is C[C@@]12C(=O)N(c3ccc([N+](=O)[O-])cc3[N+](=O)[O-])C(=O)[C@@H]1[C@H]1CC[C@@H]2O1. The van der Waals surface area contributed by atoms with E-state index in [2.05, 4.69) is 0 Å². The molecule has 3 heterocycles. The molecule has 3 aliphatic rings. The number of hydrogen-bond acceptors (Lipinski definition) is 7. The summed E-state index contributed by atoms with van der Waals surface area (Å²) in [5.41, 5.74) is -2.41. The molecule has 10 nitrogen and oxygen atoms in total. The number of nitro groups is 2. The molecule has 1 aromatic rings. The van der Waals surface area contributed by atoms with Crippen LogP contribution in [0.5, 0.6) is 0 Å². The fourth-order valence-electron chi connectivity index (χ4n) is 4.29. The van der Waals surface area contributed by atoms with Crippen LogP contribution in [0.2, 0.25) is 0 Å². The quantitative estimate of drug-likeness (QED) is 0.460. The Balaban J connectivity index is 1.83. The van der Waals surface area contributed by atoms with Gasteiger partial charge >= 0.3 is 0 Å². The average molecular weight is 347 g/mol. The number of ether oxygens (including phenoxy) is 1. The van der Waals surface area contributed by atoms with Crippen molar-refractivity contribution in [2.75, 3.05) is 4.90 Å². The highest BCUT2D eigenvalue weighted by atomic mass is 16.6. The molecule has 0 saturated carbocycles. The molecule has 0 radical (unpaired) electrons. The molecule has 3 saturated heterocycles. The molecule has 3 fully saturated rings. The monoisotopic (exact) mass is 347 g/mol. The molecule has 0 N–H and O–H groups in total. The number of anilines is 1. The van der Waals surface area contributed by atoms with Crippen LogP contribution in [0, 0.1) is 31.6 Å². The lowest BCUT2D eigenvalue weighted by Crippen LogP contribution is -2.41. The van der Waals surface area contributed by atoms with E-state index in [-0.39, 0.29) is 17.9 Å². The summed E-state index contributed by atoms with van der Waals surface area (Å²) in [4.78, 5) is 47.2. The fourth-order valence-corrected chi connectivity index (χ4v) is 4.29. The highest BCUT2D eigenvalue weighted by Crippen LogP contribution is 2.57. The Kier molecular flexibility index (Phi) is 3.01. The molecule has 3 aliphatic heterocycles. The molecule has 0 aliphatic carbocycles. The minimum absolute atomic E-state index is 0.236. The Morgan fingerprint density at radius 2 is 1.92 bits per heavy atom. The molecule has 4 atom stereocenters. The average Bonchev–Trinajstić information content (AvgIpc) is 3.19. The largest absolute Gasteiger partial charge is 0.373 e. The molecule has 2 amide bonds. The Hall–Kier alpha value is -2.88. The summed E-state index contributed by atoms with van der Waals surface area (Å²) in [6.07, 6.45) is 0.571. The van der Waals surface area contributed by atoms with Gasteiger partial charge in [-0.2, -0.15) is 0 Å². The lowest BCUT2D eigenvalue weighted by atomic mass is 9.69. The summed E-state index contributed by atoms with van der Waals surface area (Å²) in [6.45, 7) is 1.65. The van der Waals surface area contributed by atoms with E-state index in [1.165, 1.54) is 0 Å². The van der Waals surface area contributed by atoms with Gasteiger partial charge in [0, 0.05) is 6.07 Å². The van der Waals surface area contributed by atoms with E-state index in [0.29, 0.717) is 12.8 Å². The van der Waals surface area contributed by atoms with Crippen LogP contribution in [0.1, 0.15) is 19.8 Å². The van der Waals surface area contributed by atoms with Gasteiger partial charge in [0.1, 0.15) is 5.69 Å². The van der Waals surface area contributed by atoms with E-state index in [0.717, 1.165) is 23.1 Å². The number of fused-ring (bicyclic) bond motifs is 5. The Bertz CT molecular complexity index is 854. The van der Waals surface area contributed by atoms with Gasteiger partial charge in [-0.15, -0.1) is 0 Å². The van der Waals surface area contributed by atoms with Crippen LogP contribution < -0.4 is 4.90 Å². The number of rotatable bonds is 3. The lowest BCUT2D eigenvalue weighted by Gasteiger charge is -2.27. The smallest absolute Gasteiger partial charge is 0.300 e. The molecular weight excluding hydrogens is 334 g/mol. The molecule has 0 spiro atoms. The number of nitrogens with zero attached hydrogens (tertiary/aromatic N) is 3. The normalized spacial score (nSPS) is 33.0. The maximum absolute atomic E-state index is 13.0. The summed E-state index contributed by atoms with van der Waals surface area (Å²) >= 11 is 0. The number of imide groups is 1. The number of hydrogen-bond donors (Lipinski definition) is 0. The van der Waals surface area contributed by atoms with E-state index in [4.69, 9.17) is 4.74 Å². The number of nitro benzene ring substituents is 2. The van der Waals surface area contributed by atoms with Gasteiger partial charge in [0.15, 0.2) is 0 Å². The maximum atomic E-state index is 13.0. The Labute approximate surface area is 140 Å². The van der Waals surface area contributed by atoms with Crippen molar-refractivity contribution in [3.8, 4) is 0 Å². The lowest BCUT2D eigenvalue weighted by molar-refractivity contribution is -0.393. The molecule has 1 aromatic carbocycles. The molecule has 10 heteroatoms. The maximum Gasteiger partial charge on any atom is 0.300 e. The Morgan fingerprint density at radius 1 is 1.20 bits per heavy atom. The molecule has 130 valence electrons. The second-order valence-electron chi connectivity index (χ2n) is 6.67. The second-order valence-corrected chi connectivity index (χ2v) is 6.67. The summed E-state index contributed by atoms with van der Waals surface area (Å²) < 4.78 is 5.70. The van der Waals surface area contributed by atoms with E-state index in [9.17, 15) is 29.8 Å². The van der Waals surface area contributed by atoms with Crippen molar-refractivity contribution in [3.63, 3.8) is 0 Å². The number of amides is 2. The minimum atomic E-state index is -1.05.